The molecule has 0 radical (unpaired) electrons. The molecule has 0 N–H and O–H groups in total. The summed E-state index contributed by atoms with van der Waals surface area (Å²) in [6, 6.07) is 53.0. The Morgan fingerprint density at radius 2 is 0.955 bits per heavy atom. The van der Waals surface area contributed by atoms with E-state index in [9.17, 15) is 0 Å². The predicted molar refractivity (Wildman–Crippen MR) is 180 cm³/mol. The van der Waals surface area contributed by atoms with E-state index in [-0.39, 0.29) is 10.8 Å². The minimum absolute atomic E-state index is 0.198. The molecule has 2 aliphatic rings. The van der Waals surface area contributed by atoms with Crippen molar-refractivity contribution in [1.82, 2.24) is 10.2 Å². The van der Waals surface area contributed by atoms with Gasteiger partial charge in [-0.05, 0) is 73.5 Å². The minimum atomic E-state index is -0.378. The highest BCUT2D eigenvalue weighted by Gasteiger charge is 2.53. The van der Waals surface area contributed by atoms with Gasteiger partial charge in [0.05, 0.1) is 16.8 Å². The van der Waals surface area contributed by atoms with Gasteiger partial charge in [-0.25, -0.2) is 0 Å². The lowest BCUT2D eigenvalue weighted by Crippen LogP contribution is -2.40. The first-order chi connectivity index (χ1) is 21.6. The summed E-state index contributed by atoms with van der Waals surface area (Å²) in [7, 11) is 0. The zero-order valence-electron chi connectivity index (χ0n) is 24.8. The molecule has 1 aromatic heterocycles. The molecule has 0 amide bonds. The summed E-state index contributed by atoms with van der Waals surface area (Å²) < 4.78 is 0. The normalized spacial score (nSPS) is 15.0. The molecule has 2 heteroatoms. The summed E-state index contributed by atoms with van der Waals surface area (Å²) in [5, 5.41) is 11.9. The average molecular weight is 563 g/mol. The van der Waals surface area contributed by atoms with E-state index < -0.39 is 0 Å². The SMILES string of the molecule is CC1(C)c2ccccc2C2(c3ccccc3-c3ccccc32)c2ccc(-c3ccc(-c4cccc5ccccc45)nn3)cc21. The van der Waals surface area contributed by atoms with Crippen LogP contribution in [0.25, 0.3) is 44.4 Å². The maximum atomic E-state index is 4.78. The lowest BCUT2D eigenvalue weighted by atomic mass is 9.55. The van der Waals surface area contributed by atoms with Crippen molar-refractivity contribution in [3.8, 4) is 33.6 Å². The average Bonchev–Trinajstić information content (AvgIpc) is 3.38. The number of benzene rings is 6. The summed E-state index contributed by atoms with van der Waals surface area (Å²) in [5.41, 5.74) is 14.2. The molecule has 0 unspecified atom stereocenters. The standard InChI is InChI=1S/C42H30N2/c1-41(2)35-20-9-10-21-36(35)42(33-18-7-5-15-30(33)31-16-6-8-19-34(31)42)37-23-22-28(26-38(37)41)39-24-25-40(44-43-39)32-17-11-13-27-12-3-4-14-29(27)32/h3-26H,1-2H3. The van der Waals surface area contributed by atoms with Crippen LogP contribution >= 0.6 is 0 Å². The minimum Gasteiger partial charge on any atom is -0.150 e. The lowest BCUT2D eigenvalue weighted by molar-refractivity contribution is 0.563. The van der Waals surface area contributed by atoms with Crippen LogP contribution in [0.3, 0.4) is 0 Å². The largest absolute Gasteiger partial charge is 0.150 e. The summed E-state index contributed by atoms with van der Waals surface area (Å²) in [5.74, 6) is 0. The van der Waals surface area contributed by atoms with Gasteiger partial charge in [0.25, 0.3) is 0 Å². The highest BCUT2D eigenvalue weighted by atomic mass is 15.1. The molecule has 2 nitrogen and oxygen atoms in total. The van der Waals surface area contributed by atoms with E-state index in [1.807, 2.05) is 0 Å². The topological polar surface area (TPSA) is 25.8 Å². The zero-order valence-corrected chi connectivity index (χ0v) is 24.8. The molecule has 0 bridgehead atoms. The van der Waals surface area contributed by atoms with Gasteiger partial charge in [0.2, 0.25) is 0 Å². The maximum Gasteiger partial charge on any atom is 0.0936 e. The van der Waals surface area contributed by atoms with Crippen molar-refractivity contribution in [1.29, 1.82) is 0 Å². The molecule has 208 valence electrons. The predicted octanol–water partition coefficient (Wildman–Crippen LogP) is 9.97. The molecular weight excluding hydrogens is 532 g/mol. The quantitative estimate of drug-likeness (QED) is 0.210. The van der Waals surface area contributed by atoms with Crippen molar-refractivity contribution in [3.05, 3.63) is 179 Å². The molecule has 6 aromatic carbocycles. The van der Waals surface area contributed by atoms with Crippen LogP contribution in [0, 0.1) is 0 Å². The molecule has 1 spiro atoms. The summed E-state index contributed by atoms with van der Waals surface area (Å²) in [4.78, 5) is 0. The van der Waals surface area contributed by atoms with Crippen molar-refractivity contribution < 1.29 is 0 Å². The van der Waals surface area contributed by atoms with E-state index >= 15 is 0 Å². The molecule has 0 saturated heterocycles. The molecule has 0 saturated carbocycles. The van der Waals surface area contributed by atoms with Crippen LogP contribution < -0.4 is 0 Å². The van der Waals surface area contributed by atoms with Crippen molar-refractivity contribution in [2.24, 2.45) is 0 Å². The van der Waals surface area contributed by atoms with E-state index in [0.29, 0.717) is 0 Å². The Balaban J connectivity index is 1.25. The van der Waals surface area contributed by atoms with E-state index in [0.717, 1.165) is 22.5 Å². The molecule has 2 aliphatic carbocycles. The van der Waals surface area contributed by atoms with Gasteiger partial charge in [-0.1, -0.05) is 141 Å². The Bertz CT molecular complexity index is 2210. The van der Waals surface area contributed by atoms with E-state index in [1.54, 1.807) is 0 Å². The van der Waals surface area contributed by atoms with Gasteiger partial charge >= 0.3 is 0 Å². The number of hydrogen-bond acceptors (Lipinski definition) is 2. The van der Waals surface area contributed by atoms with Crippen molar-refractivity contribution >= 4 is 10.8 Å². The maximum absolute atomic E-state index is 4.78. The highest BCUT2D eigenvalue weighted by Crippen LogP contribution is 2.62. The molecule has 0 fully saturated rings. The molecule has 44 heavy (non-hydrogen) atoms. The monoisotopic (exact) mass is 562 g/mol. The second-order valence-electron chi connectivity index (χ2n) is 12.6. The number of fused-ring (bicyclic) bond motifs is 10. The zero-order chi connectivity index (χ0) is 29.5. The third-order valence-electron chi connectivity index (χ3n) is 10.1. The van der Waals surface area contributed by atoms with Crippen LogP contribution in [-0.4, -0.2) is 10.2 Å². The second kappa shape index (κ2) is 9.08. The van der Waals surface area contributed by atoms with Crippen molar-refractivity contribution in [2.75, 3.05) is 0 Å². The van der Waals surface area contributed by atoms with E-state index in [2.05, 4.69) is 159 Å². The highest BCUT2D eigenvalue weighted by molar-refractivity contribution is 5.96. The first-order valence-corrected chi connectivity index (χ1v) is 15.3. The molecule has 1 heterocycles. The smallest absolute Gasteiger partial charge is 0.0936 e. The van der Waals surface area contributed by atoms with Crippen LogP contribution in [0.1, 0.15) is 47.2 Å². The van der Waals surface area contributed by atoms with Gasteiger partial charge < -0.3 is 0 Å². The van der Waals surface area contributed by atoms with Crippen LogP contribution in [0.15, 0.2) is 146 Å². The second-order valence-corrected chi connectivity index (χ2v) is 12.6. The van der Waals surface area contributed by atoms with Crippen LogP contribution in [0.2, 0.25) is 0 Å². The molecule has 0 atom stereocenters. The van der Waals surface area contributed by atoms with Crippen LogP contribution in [-0.2, 0) is 10.8 Å². The van der Waals surface area contributed by atoms with Crippen molar-refractivity contribution in [3.63, 3.8) is 0 Å². The number of rotatable bonds is 2. The van der Waals surface area contributed by atoms with Crippen LogP contribution in [0.5, 0.6) is 0 Å². The number of aromatic nitrogens is 2. The first kappa shape index (κ1) is 25.2. The number of nitrogens with zero attached hydrogens (tertiary/aromatic N) is 2. The van der Waals surface area contributed by atoms with Crippen molar-refractivity contribution in [2.45, 2.75) is 24.7 Å². The van der Waals surface area contributed by atoms with E-state index in [4.69, 9.17) is 10.2 Å². The lowest BCUT2D eigenvalue weighted by Gasteiger charge is -2.46. The summed E-state index contributed by atoms with van der Waals surface area (Å²) in [6.45, 7) is 4.73. The Morgan fingerprint density at radius 3 is 1.68 bits per heavy atom. The van der Waals surface area contributed by atoms with Gasteiger partial charge in [-0.2, -0.15) is 0 Å². The van der Waals surface area contributed by atoms with Gasteiger partial charge in [0.1, 0.15) is 0 Å². The Labute approximate surface area is 257 Å². The summed E-state index contributed by atoms with van der Waals surface area (Å²) in [6.07, 6.45) is 0. The molecule has 0 aliphatic heterocycles. The Kier molecular flexibility index (Phi) is 5.20. The van der Waals surface area contributed by atoms with Gasteiger partial charge in [0, 0.05) is 16.5 Å². The summed E-state index contributed by atoms with van der Waals surface area (Å²) >= 11 is 0. The number of hydrogen-bond donors (Lipinski definition) is 0. The fourth-order valence-corrected chi connectivity index (χ4v) is 8.09. The first-order valence-electron chi connectivity index (χ1n) is 15.3. The van der Waals surface area contributed by atoms with Gasteiger partial charge in [-0.3, -0.25) is 0 Å². The van der Waals surface area contributed by atoms with Crippen LogP contribution in [0.4, 0.5) is 0 Å². The Hall–Kier alpha value is -5.34. The molecule has 9 rings (SSSR count). The molecular formula is C42H30N2. The van der Waals surface area contributed by atoms with E-state index in [1.165, 1.54) is 55.3 Å². The fourth-order valence-electron chi connectivity index (χ4n) is 8.09. The Morgan fingerprint density at radius 1 is 0.409 bits per heavy atom. The van der Waals surface area contributed by atoms with Gasteiger partial charge in [-0.15, -0.1) is 10.2 Å². The third-order valence-corrected chi connectivity index (χ3v) is 10.1. The molecule has 7 aromatic rings. The van der Waals surface area contributed by atoms with Gasteiger partial charge in [0.15, 0.2) is 0 Å². The fraction of sp³-hybridized carbons (Fsp3) is 0.0952. The third kappa shape index (κ3) is 3.26.